The molecular weight excluding hydrogens is 272 g/mol. The molecule has 0 saturated carbocycles. The molecule has 0 aliphatic rings. The number of unbranched alkanes of at least 4 members (excludes halogenated alkanes) is 2. The molecule has 2 N–H and O–H groups in total. The number of nitrogens with one attached hydrogen (secondary N) is 2. The van der Waals surface area contributed by atoms with Crippen LogP contribution in [0.25, 0.3) is 0 Å². The number of amides is 2. The van der Waals surface area contributed by atoms with E-state index in [2.05, 4.69) is 10.6 Å². The van der Waals surface area contributed by atoms with Gasteiger partial charge in [-0.2, -0.15) is 0 Å². The highest BCUT2D eigenvalue weighted by Gasteiger charge is 2.31. The first-order chi connectivity index (χ1) is 10.0. The van der Waals surface area contributed by atoms with Crippen LogP contribution < -0.4 is 10.6 Å². The van der Waals surface area contributed by atoms with E-state index in [0.717, 1.165) is 25.7 Å². The zero-order valence-electron chi connectivity index (χ0n) is 13.8. The first kappa shape index (κ1) is 19.5. The number of alkyl carbamates (subject to hydrolysis) is 2. The third-order valence-corrected chi connectivity index (χ3v) is 3.35. The summed E-state index contributed by atoms with van der Waals surface area (Å²) in [5, 5.41) is 5.47. The first-order valence-corrected chi connectivity index (χ1v) is 7.93. The quantitative estimate of drug-likeness (QED) is 0.478. The van der Waals surface area contributed by atoms with Gasteiger partial charge in [0.2, 0.25) is 0 Å². The molecule has 6 nitrogen and oxygen atoms in total. The fourth-order valence-electron chi connectivity index (χ4n) is 1.72. The van der Waals surface area contributed by atoms with Crippen LogP contribution in [0.3, 0.4) is 0 Å². The Morgan fingerprint density at radius 1 is 0.810 bits per heavy atom. The number of ether oxygens (including phenoxy) is 2. The highest BCUT2D eigenvalue weighted by atomic mass is 16.6. The van der Waals surface area contributed by atoms with Crippen molar-refractivity contribution in [3.63, 3.8) is 0 Å². The van der Waals surface area contributed by atoms with Crippen LogP contribution in [-0.2, 0) is 9.47 Å². The summed E-state index contributed by atoms with van der Waals surface area (Å²) in [5.74, 6) is 0. The molecule has 0 aromatic carbocycles. The molecule has 0 bridgehead atoms. The molecule has 0 saturated heterocycles. The smallest absolute Gasteiger partial charge is 0.408 e. The van der Waals surface area contributed by atoms with Crippen molar-refractivity contribution < 1.29 is 19.1 Å². The molecule has 0 fully saturated rings. The first-order valence-electron chi connectivity index (χ1n) is 7.93. The topological polar surface area (TPSA) is 76.7 Å². The van der Waals surface area contributed by atoms with Crippen LogP contribution >= 0.6 is 0 Å². The van der Waals surface area contributed by atoms with Crippen molar-refractivity contribution in [3.8, 4) is 0 Å². The number of rotatable bonds is 10. The maximum absolute atomic E-state index is 11.8. The Hall–Kier alpha value is -1.46. The summed E-state index contributed by atoms with van der Waals surface area (Å²) in [6.07, 6.45) is 3.65. The predicted molar refractivity (Wildman–Crippen MR) is 82.1 cm³/mol. The molecule has 0 atom stereocenters. The maximum atomic E-state index is 11.8. The van der Waals surface area contributed by atoms with Gasteiger partial charge in [-0.1, -0.05) is 40.5 Å². The van der Waals surface area contributed by atoms with Gasteiger partial charge in [-0.3, -0.25) is 10.6 Å². The fourth-order valence-corrected chi connectivity index (χ4v) is 1.72. The van der Waals surface area contributed by atoms with Crippen molar-refractivity contribution in [2.24, 2.45) is 0 Å². The Morgan fingerprint density at radius 2 is 1.19 bits per heavy atom. The van der Waals surface area contributed by atoms with Crippen LogP contribution in [0, 0.1) is 0 Å². The van der Waals surface area contributed by atoms with Crippen LogP contribution in [0.2, 0.25) is 0 Å². The Balaban J connectivity index is 4.39. The van der Waals surface area contributed by atoms with Crippen molar-refractivity contribution in [3.05, 3.63) is 0 Å². The van der Waals surface area contributed by atoms with Crippen molar-refractivity contribution in [1.82, 2.24) is 10.6 Å². The Morgan fingerprint density at radius 3 is 1.48 bits per heavy atom. The molecule has 0 aromatic heterocycles. The highest BCUT2D eigenvalue weighted by Crippen LogP contribution is 2.12. The second-order valence-corrected chi connectivity index (χ2v) is 5.02. The summed E-state index contributed by atoms with van der Waals surface area (Å²) in [7, 11) is 0. The van der Waals surface area contributed by atoms with Gasteiger partial charge in [-0.15, -0.1) is 0 Å². The van der Waals surface area contributed by atoms with E-state index < -0.39 is 17.8 Å². The zero-order chi connectivity index (χ0) is 16.1. The van der Waals surface area contributed by atoms with E-state index in [1.807, 2.05) is 27.7 Å². The molecule has 0 aliphatic carbocycles. The molecule has 6 heteroatoms. The van der Waals surface area contributed by atoms with Crippen LogP contribution in [0.1, 0.15) is 66.2 Å². The van der Waals surface area contributed by atoms with Crippen LogP contribution in [-0.4, -0.2) is 31.1 Å². The SMILES string of the molecule is CCCCOC(=O)NC(CC)(CC)NC(=O)OCCCC. The third-order valence-electron chi connectivity index (χ3n) is 3.35. The second kappa shape index (κ2) is 11.2. The predicted octanol–water partition coefficient (Wildman–Crippen LogP) is 3.56. The minimum atomic E-state index is -0.827. The van der Waals surface area contributed by atoms with Gasteiger partial charge in [0.05, 0.1) is 13.2 Å². The molecule has 0 rings (SSSR count). The van der Waals surface area contributed by atoms with E-state index in [-0.39, 0.29) is 0 Å². The monoisotopic (exact) mass is 302 g/mol. The van der Waals surface area contributed by atoms with E-state index >= 15 is 0 Å². The Kier molecular flexibility index (Phi) is 10.4. The molecule has 0 spiro atoms. The van der Waals surface area contributed by atoms with Crippen LogP contribution in [0.15, 0.2) is 0 Å². The number of hydrogen-bond acceptors (Lipinski definition) is 4. The highest BCUT2D eigenvalue weighted by molar-refractivity contribution is 5.72. The van der Waals surface area contributed by atoms with Gasteiger partial charge in [-0.05, 0) is 25.7 Å². The van der Waals surface area contributed by atoms with Crippen LogP contribution in [0.5, 0.6) is 0 Å². The number of carbonyl (C=O) groups is 2. The molecule has 2 amide bonds. The molecule has 0 aromatic rings. The second-order valence-electron chi connectivity index (χ2n) is 5.02. The van der Waals surface area contributed by atoms with Gasteiger partial charge in [0, 0.05) is 0 Å². The van der Waals surface area contributed by atoms with Crippen molar-refractivity contribution in [1.29, 1.82) is 0 Å². The standard InChI is InChI=1S/C15H30N2O4/c1-5-9-11-20-13(18)16-15(7-3,8-4)17-14(19)21-12-10-6-2/h5-12H2,1-4H3,(H,16,18)(H,17,19). The summed E-state index contributed by atoms with van der Waals surface area (Å²) in [4.78, 5) is 23.5. The molecular formula is C15H30N2O4. The average Bonchev–Trinajstić information content (AvgIpc) is 2.47. The largest absolute Gasteiger partial charge is 0.450 e. The molecule has 21 heavy (non-hydrogen) atoms. The third kappa shape index (κ3) is 8.42. The maximum Gasteiger partial charge on any atom is 0.408 e. The molecule has 0 heterocycles. The van der Waals surface area contributed by atoms with E-state index in [1.165, 1.54) is 0 Å². The van der Waals surface area contributed by atoms with Gasteiger partial charge >= 0.3 is 12.2 Å². The van der Waals surface area contributed by atoms with Crippen molar-refractivity contribution in [2.45, 2.75) is 71.9 Å². The van der Waals surface area contributed by atoms with Gasteiger partial charge in [0.1, 0.15) is 5.66 Å². The van der Waals surface area contributed by atoms with Gasteiger partial charge in [0.25, 0.3) is 0 Å². The van der Waals surface area contributed by atoms with E-state index in [0.29, 0.717) is 26.1 Å². The Labute approximate surface area is 127 Å². The van der Waals surface area contributed by atoms with Gasteiger partial charge in [0.15, 0.2) is 0 Å². The number of carbonyl (C=O) groups excluding carboxylic acids is 2. The summed E-state index contributed by atoms with van der Waals surface area (Å²) in [5.41, 5.74) is -0.827. The lowest BCUT2D eigenvalue weighted by Gasteiger charge is -2.32. The molecule has 0 unspecified atom stereocenters. The summed E-state index contributed by atoms with van der Waals surface area (Å²) in [6, 6.07) is 0. The molecule has 124 valence electrons. The van der Waals surface area contributed by atoms with Gasteiger partial charge < -0.3 is 9.47 Å². The van der Waals surface area contributed by atoms with Crippen molar-refractivity contribution in [2.75, 3.05) is 13.2 Å². The zero-order valence-corrected chi connectivity index (χ0v) is 13.8. The Bertz CT molecular complexity index is 278. The van der Waals surface area contributed by atoms with Crippen molar-refractivity contribution >= 4 is 12.2 Å². The summed E-state index contributed by atoms with van der Waals surface area (Å²) >= 11 is 0. The minimum Gasteiger partial charge on any atom is -0.450 e. The average molecular weight is 302 g/mol. The lowest BCUT2D eigenvalue weighted by Crippen LogP contribution is -2.60. The lowest BCUT2D eigenvalue weighted by atomic mass is 10.0. The van der Waals surface area contributed by atoms with E-state index in [4.69, 9.17) is 9.47 Å². The van der Waals surface area contributed by atoms with Gasteiger partial charge in [-0.25, -0.2) is 9.59 Å². The van der Waals surface area contributed by atoms with Crippen LogP contribution in [0.4, 0.5) is 9.59 Å². The molecule has 0 radical (unpaired) electrons. The fraction of sp³-hybridized carbons (Fsp3) is 0.867. The normalized spacial score (nSPS) is 10.9. The van der Waals surface area contributed by atoms with E-state index in [1.54, 1.807) is 0 Å². The summed E-state index contributed by atoms with van der Waals surface area (Å²) < 4.78 is 10.2. The lowest BCUT2D eigenvalue weighted by molar-refractivity contribution is 0.105. The van der Waals surface area contributed by atoms with E-state index in [9.17, 15) is 9.59 Å². The number of hydrogen-bond donors (Lipinski definition) is 2. The minimum absolute atomic E-state index is 0.382. The molecule has 0 aliphatic heterocycles. The summed E-state index contributed by atoms with van der Waals surface area (Å²) in [6.45, 7) is 8.60.